The Morgan fingerprint density at radius 2 is 1.96 bits per heavy atom. The Morgan fingerprint density at radius 1 is 1.20 bits per heavy atom. The number of aromatic nitrogens is 2. The minimum absolute atomic E-state index is 0.00264. The largest absolute Gasteiger partial charge is 0.355 e. The standard InChI is InChI=1S/C17H17F3N4O/c1-22(8-10-5-13(19)14(20)6-12(10)18)15-7-16-23-4-2-3-11(23)9-24(16)17(25)21-15/h5-7,11H,2-4,8-9H2,1H3/t11-/m0/s1. The van der Waals surface area contributed by atoms with Gasteiger partial charge in [-0.25, -0.2) is 18.0 Å². The van der Waals surface area contributed by atoms with Crippen LogP contribution in [0.25, 0.3) is 0 Å². The summed E-state index contributed by atoms with van der Waals surface area (Å²) in [5, 5.41) is 0. The number of hydrogen-bond donors (Lipinski definition) is 0. The molecule has 3 heterocycles. The predicted molar refractivity (Wildman–Crippen MR) is 87.3 cm³/mol. The molecule has 2 aliphatic rings. The highest BCUT2D eigenvalue weighted by molar-refractivity contribution is 5.54. The van der Waals surface area contributed by atoms with Crippen molar-refractivity contribution in [3.8, 4) is 0 Å². The van der Waals surface area contributed by atoms with Crippen LogP contribution in [0.5, 0.6) is 0 Å². The van der Waals surface area contributed by atoms with Gasteiger partial charge >= 0.3 is 5.69 Å². The van der Waals surface area contributed by atoms with Crippen molar-refractivity contribution in [2.75, 3.05) is 23.4 Å². The normalized spacial score (nSPS) is 18.4. The Morgan fingerprint density at radius 3 is 2.76 bits per heavy atom. The van der Waals surface area contributed by atoms with Crippen LogP contribution in [0.2, 0.25) is 0 Å². The van der Waals surface area contributed by atoms with Crippen LogP contribution in [-0.2, 0) is 13.1 Å². The van der Waals surface area contributed by atoms with Crippen molar-refractivity contribution in [2.45, 2.75) is 32.0 Å². The summed E-state index contributed by atoms with van der Waals surface area (Å²) in [6, 6.07) is 3.49. The number of benzene rings is 1. The minimum Gasteiger partial charge on any atom is -0.355 e. The number of rotatable bonds is 3. The lowest BCUT2D eigenvalue weighted by Crippen LogP contribution is -2.27. The van der Waals surface area contributed by atoms with Crippen molar-refractivity contribution < 1.29 is 13.2 Å². The molecule has 1 aromatic heterocycles. The summed E-state index contributed by atoms with van der Waals surface area (Å²) < 4.78 is 41.9. The molecule has 1 atom stereocenters. The lowest BCUT2D eigenvalue weighted by molar-refractivity contribution is 0.489. The fourth-order valence-electron chi connectivity index (χ4n) is 3.65. The van der Waals surface area contributed by atoms with Gasteiger partial charge in [0.1, 0.15) is 17.5 Å². The summed E-state index contributed by atoms with van der Waals surface area (Å²) in [7, 11) is 1.63. The molecule has 0 spiro atoms. The molecule has 0 amide bonds. The maximum Gasteiger partial charge on any atom is 0.351 e. The highest BCUT2D eigenvalue weighted by atomic mass is 19.2. The zero-order valence-corrected chi connectivity index (χ0v) is 13.7. The molecule has 4 rings (SSSR count). The first-order chi connectivity index (χ1) is 11.9. The van der Waals surface area contributed by atoms with Crippen molar-refractivity contribution >= 4 is 11.6 Å². The Kier molecular flexibility index (Phi) is 3.70. The van der Waals surface area contributed by atoms with E-state index in [9.17, 15) is 18.0 Å². The van der Waals surface area contributed by atoms with Gasteiger partial charge in [-0.15, -0.1) is 0 Å². The summed E-state index contributed by atoms with van der Waals surface area (Å²) in [5.74, 6) is -1.96. The first-order valence-corrected chi connectivity index (χ1v) is 8.17. The Hall–Kier alpha value is -2.51. The number of halogens is 3. The van der Waals surface area contributed by atoms with Gasteiger partial charge in [-0.3, -0.25) is 4.57 Å². The highest BCUT2D eigenvalue weighted by Crippen LogP contribution is 2.33. The molecule has 0 unspecified atom stereocenters. The molecule has 0 saturated carbocycles. The molecule has 8 heteroatoms. The predicted octanol–water partition coefficient (Wildman–Crippen LogP) is 2.28. The van der Waals surface area contributed by atoms with Gasteiger partial charge in [-0.2, -0.15) is 4.98 Å². The fraction of sp³-hybridized carbons (Fsp3) is 0.412. The molecule has 1 saturated heterocycles. The van der Waals surface area contributed by atoms with Gasteiger partial charge in [0.2, 0.25) is 0 Å². The molecule has 5 nitrogen and oxygen atoms in total. The van der Waals surface area contributed by atoms with Gasteiger partial charge in [-0.1, -0.05) is 0 Å². The number of anilines is 2. The van der Waals surface area contributed by atoms with Crippen LogP contribution in [0.3, 0.4) is 0 Å². The van der Waals surface area contributed by atoms with E-state index in [-0.39, 0.29) is 17.8 Å². The van der Waals surface area contributed by atoms with E-state index in [4.69, 9.17) is 0 Å². The van der Waals surface area contributed by atoms with E-state index in [0.29, 0.717) is 24.5 Å². The molecule has 0 N–H and O–H groups in total. The Labute approximate surface area is 142 Å². The maximum absolute atomic E-state index is 13.9. The number of nitrogens with zero attached hydrogens (tertiary/aromatic N) is 4. The Bertz CT molecular complexity index is 898. The lowest BCUT2D eigenvalue weighted by atomic mass is 10.2. The third-order valence-corrected chi connectivity index (χ3v) is 4.93. The monoisotopic (exact) mass is 350 g/mol. The summed E-state index contributed by atoms with van der Waals surface area (Å²) in [4.78, 5) is 20.1. The first-order valence-electron chi connectivity index (χ1n) is 8.17. The molecule has 132 valence electrons. The second-order valence-corrected chi connectivity index (χ2v) is 6.57. The second-order valence-electron chi connectivity index (χ2n) is 6.57. The van der Waals surface area contributed by atoms with Crippen LogP contribution in [0.15, 0.2) is 23.0 Å². The molecule has 0 radical (unpaired) electrons. The molecular formula is C17H17F3N4O. The molecule has 1 fully saturated rings. The van der Waals surface area contributed by atoms with E-state index in [1.54, 1.807) is 22.6 Å². The smallest absolute Gasteiger partial charge is 0.351 e. The van der Waals surface area contributed by atoms with Crippen LogP contribution >= 0.6 is 0 Å². The van der Waals surface area contributed by atoms with Gasteiger partial charge in [0, 0.05) is 50.4 Å². The van der Waals surface area contributed by atoms with Crippen LogP contribution in [0.1, 0.15) is 18.4 Å². The van der Waals surface area contributed by atoms with Gasteiger partial charge < -0.3 is 9.80 Å². The zero-order valence-electron chi connectivity index (χ0n) is 13.7. The van der Waals surface area contributed by atoms with Crippen LogP contribution in [0, 0.1) is 17.5 Å². The van der Waals surface area contributed by atoms with E-state index in [2.05, 4.69) is 9.88 Å². The summed E-state index contributed by atoms with van der Waals surface area (Å²) in [6.07, 6.45) is 2.14. The molecule has 2 aromatic rings. The van der Waals surface area contributed by atoms with Crippen LogP contribution in [-0.4, -0.2) is 29.2 Å². The van der Waals surface area contributed by atoms with E-state index in [1.807, 2.05) is 0 Å². The minimum atomic E-state index is -1.22. The van der Waals surface area contributed by atoms with Crippen molar-refractivity contribution in [3.05, 3.63) is 51.7 Å². The molecule has 0 aliphatic carbocycles. The lowest BCUT2D eigenvalue weighted by Gasteiger charge is -2.21. The third kappa shape index (κ3) is 2.65. The van der Waals surface area contributed by atoms with Crippen molar-refractivity contribution in [1.82, 2.24) is 9.55 Å². The molecule has 0 bridgehead atoms. The molecule has 25 heavy (non-hydrogen) atoms. The quantitative estimate of drug-likeness (QED) is 0.797. The summed E-state index contributed by atoms with van der Waals surface area (Å²) in [6.45, 7) is 1.51. The van der Waals surface area contributed by atoms with E-state index in [1.165, 1.54) is 0 Å². The Balaban J connectivity index is 1.65. The third-order valence-electron chi connectivity index (χ3n) is 4.93. The fourth-order valence-corrected chi connectivity index (χ4v) is 3.65. The molecule has 2 aliphatic heterocycles. The van der Waals surface area contributed by atoms with E-state index in [0.717, 1.165) is 31.3 Å². The maximum atomic E-state index is 13.9. The average Bonchev–Trinajstić information content (AvgIpc) is 3.14. The topological polar surface area (TPSA) is 41.4 Å². The summed E-state index contributed by atoms with van der Waals surface area (Å²) in [5.41, 5.74) is -0.345. The first kappa shape index (κ1) is 16.0. The van der Waals surface area contributed by atoms with Crippen molar-refractivity contribution in [1.29, 1.82) is 0 Å². The SMILES string of the molecule is CN(Cc1cc(F)c(F)cc1F)c1cc2n(c(=O)n1)C[C@@H]1CCCN21. The van der Waals surface area contributed by atoms with Gasteiger partial charge in [0.25, 0.3) is 0 Å². The number of hydrogen-bond acceptors (Lipinski definition) is 4. The zero-order chi connectivity index (χ0) is 17.7. The van der Waals surface area contributed by atoms with E-state index >= 15 is 0 Å². The molecular weight excluding hydrogens is 333 g/mol. The van der Waals surface area contributed by atoms with Gasteiger partial charge in [-0.05, 0) is 18.9 Å². The van der Waals surface area contributed by atoms with Gasteiger partial charge in [0.05, 0.1) is 0 Å². The van der Waals surface area contributed by atoms with Crippen molar-refractivity contribution in [3.63, 3.8) is 0 Å². The van der Waals surface area contributed by atoms with Gasteiger partial charge in [0.15, 0.2) is 11.6 Å². The highest BCUT2D eigenvalue weighted by Gasteiger charge is 2.34. The average molecular weight is 350 g/mol. The second kappa shape index (κ2) is 5.79. The van der Waals surface area contributed by atoms with Crippen LogP contribution < -0.4 is 15.5 Å². The summed E-state index contributed by atoms with van der Waals surface area (Å²) >= 11 is 0. The number of fused-ring (bicyclic) bond motifs is 3. The van der Waals surface area contributed by atoms with Crippen molar-refractivity contribution in [2.24, 2.45) is 0 Å². The van der Waals surface area contributed by atoms with Crippen LogP contribution in [0.4, 0.5) is 24.8 Å². The van der Waals surface area contributed by atoms with E-state index < -0.39 is 17.5 Å². The molecule has 1 aromatic carbocycles.